The molecule has 0 aromatic heterocycles. The number of hydrogen-bond acceptors (Lipinski definition) is 3. The number of nitrogens with one attached hydrogen (secondary N) is 1. The van der Waals surface area contributed by atoms with Crippen LogP contribution in [0.25, 0.3) is 0 Å². The Morgan fingerprint density at radius 2 is 1.56 bits per heavy atom. The molecular weight excluding hydrogens is 154 g/mol. The van der Waals surface area contributed by atoms with Gasteiger partial charge >= 0.3 is 24.4 Å². The van der Waals surface area contributed by atoms with Gasteiger partial charge in [-0.25, -0.2) is 0 Å². The van der Waals surface area contributed by atoms with E-state index in [1.54, 1.807) is 0 Å². The van der Waals surface area contributed by atoms with Crippen LogP contribution in [0.2, 0.25) is 0 Å². The first-order chi connectivity index (χ1) is 3.25. The fourth-order valence-electron chi connectivity index (χ4n) is 0. The van der Waals surface area contributed by atoms with Crippen molar-refractivity contribution < 1.29 is 40.8 Å². The second kappa shape index (κ2) is 2.92. The Labute approximate surface area is 61.6 Å². The third-order valence-electron chi connectivity index (χ3n) is 0.305. The standard InChI is InChI=1S/CH2F3NO2S.Li/c2-1(3,4)8(5,6)7;/h(H2,5,6,7);/q;+1/p-1. The molecule has 0 aliphatic heterocycles. The van der Waals surface area contributed by atoms with Gasteiger partial charge in [0, 0.05) is 0 Å². The molecule has 0 bridgehead atoms. The average Bonchev–Trinajstić information content (AvgIpc) is 1.25. The van der Waals surface area contributed by atoms with E-state index in [4.69, 9.17) is 4.78 Å². The van der Waals surface area contributed by atoms with Crippen molar-refractivity contribution >= 4 is 10.0 Å². The van der Waals surface area contributed by atoms with Crippen LogP contribution >= 0.6 is 0 Å². The number of alkyl halides is 3. The van der Waals surface area contributed by atoms with Crippen molar-refractivity contribution in [2.24, 2.45) is 0 Å². The van der Waals surface area contributed by atoms with Crippen molar-refractivity contribution in [3.63, 3.8) is 0 Å². The third kappa shape index (κ3) is 3.81. The molecule has 0 radical (unpaired) electrons. The first-order valence-electron chi connectivity index (χ1n) is 1.31. The van der Waals surface area contributed by atoms with Gasteiger partial charge in [0.2, 0.25) is 0 Å². The van der Waals surface area contributed by atoms with Crippen LogP contribution in [0.15, 0.2) is 0 Å². The van der Waals surface area contributed by atoms with Gasteiger partial charge in [-0.1, -0.05) is 0 Å². The maximum absolute atomic E-state index is 10.8. The van der Waals surface area contributed by atoms with Gasteiger partial charge in [0.1, 0.15) is 0 Å². The predicted molar refractivity (Wildman–Crippen MR) is 17.7 cm³/mol. The summed E-state index contributed by atoms with van der Waals surface area (Å²) in [6.45, 7) is 0. The summed E-state index contributed by atoms with van der Waals surface area (Å²) in [6.07, 6.45) is 0. The molecule has 1 N–H and O–H groups in total. The Balaban J connectivity index is 0. The molecule has 0 aliphatic rings. The van der Waals surface area contributed by atoms with Crippen LogP contribution in [0.1, 0.15) is 0 Å². The van der Waals surface area contributed by atoms with Crippen LogP contribution in [-0.2, 0) is 10.0 Å². The quantitative estimate of drug-likeness (QED) is 0.399. The van der Waals surface area contributed by atoms with E-state index >= 15 is 0 Å². The van der Waals surface area contributed by atoms with E-state index in [1.165, 1.54) is 0 Å². The Kier molecular flexibility index (Phi) is 3.90. The summed E-state index contributed by atoms with van der Waals surface area (Å²) < 4.78 is 56.2. The van der Waals surface area contributed by atoms with Gasteiger partial charge in [-0.2, -0.15) is 13.2 Å². The minimum Gasteiger partial charge on any atom is -0.758 e. The topological polar surface area (TPSA) is 64.0 Å². The average molecular weight is 155 g/mol. The maximum atomic E-state index is 10.8. The van der Waals surface area contributed by atoms with Crippen molar-refractivity contribution in [2.75, 3.05) is 0 Å². The van der Waals surface area contributed by atoms with Gasteiger partial charge in [0.25, 0.3) is 0 Å². The molecular formula is CHF3LiNO2S. The second-order valence-electron chi connectivity index (χ2n) is 0.949. The van der Waals surface area contributed by atoms with Crippen molar-refractivity contribution in [1.29, 1.82) is 4.78 Å². The van der Waals surface area contributed by atoms with Crippen molar-refractivity contribution in [1.82, 2.24) is 0 Å². The fraction of sp³-hybridized carbons (Fsp3) is 1.00. The molecule has 0 aromatic carbocycles. The van der Waals surface area contributed by atoms with Crippen LogP contribution in [0.3, 0.4) is 0 Å². The minimum atomic E-state index is -5.59. The molecule has 0 saturated carbocycles. The van der Waals surface area contributed by atoms with E-state index < -0.39 is 15.5 Å². The van der Waals surface area contributed by atoms with Gasteiger partial charge in [-0.05, 0) is 0 Å². The van der Waals surface area contributed by atoms with Gasteiger partial charge < -0.3 is 4.55 Å². The van der Waals surface area contributed by atoms with Crippen molar-refractivity contribution in [3.05, 3.63) is 0 Å². The monoisotopic (exact) mass is 155 g/mol. The Bertz CT molecular complexity index is 171. The van der Waals surface area contributed by atoms with E-state index in [2.05, 4.69) is 0 Å². The van der Waals surface area contributed by atoms with Crippen molar-refractivity contribution in [3.8, 4) is 0 Å². The largest absolute Gasteiger partial charge is 1.00 e. The molecule has 8 heteroatoms. The summed E-state index contributed by atoms with van der Waals surface area (Å²) in [5.41, 5.74) is -5.42. The second-order valence-corrected chi connectivity index (χ2v) is 2.42. The summed E-state index contributed by atoms with van der Waals surface area (Å²) in [5.74, 6) is 0. The Morgan fingerprint density at radius 3 is 1.56 bits per heavy atom. The fourth-order valence-corrected chi connectivity index (χ4v) is 0. The Morgan fingerprint density at radius 1 is 1.44 bits per heavy atom. The molecule has 0 heterocycles. The summed E-state index contributed by atoms with van der Waals surface area (Å²) in [5, 5.41) is 0. The predicted octanol–water partition coefficient (Wildman–Crippen LogP) is -2.31. The SMILES string of the molecule is N=S(=O)([O-])C(F)(F)F.[Li+]. The Hall–Kier alpha value is 0.297. The first-order valence-corrected chi connectivity index (χ1v) is 2.79. The molecule has 0 aliphatic carbocycles. The molecule has 3 nitrogen and oxygen atoms in total. The van der Waals surface area contributed by atoms with Gasteiger partial charge in [-0.15, -0.1) is 0 Å². The summed E-state index contributed by atoms with van der Waals surface area (Å²) in [6, 6.07) is 0. The van der Waals surface area contributed by atoms with Gasteiger partial charge in [-0.3, -0.25) is 8.99 Å². The van der Waals surface area contributed by atoms with E-state index in [0.29, 0.717) is 0 Å². The van der Waals surface area contributed by atoms with Crippen LogP contribution < -0.4 is 18.9 Å². The summed E-state index contributed by atoms with van der Waals surface area (Å²) in [7, 11) is -5.59. The minimum absolute atomic E-state index is 0. The molecule has 0 rings (SSSR count). The van der Waals surface area contributed by atoms with Crippen LogP contribution in [0, 0.1) is 4.78 Å². The molecule has 0 spiro atoms. The number of hydrogen-bond donors (Lipinski definition) is 1. The molecule has 0 amide bonds. The zero-order chi connectivity index (χ0) is 7.00. The summed E-state index contributed by atoms with van der Waals surface area (Å²) in [4.78, 5) is 0. The zero-order valence-electron chi connectivity index (χ0n) is 4.36. The zero-order valence-corrected chi connectivity index (χ0v) is 5.18. The third-order valence-corrected chi connectivity index (χ3v) is 0.914. The molecule has 0 fully saturated rings. The van der Waals surface area contributed by atoms with E-state index in [9.17, 15) is 21.9 Å². The summed E-state index contributed by atoms with van der Waals surface area (Å²) >= 11 is 0. The van der Waals surface area contributed by atoms with Crippen molar-refractivity contribution in [2.45, 2.75) is 5.51 Å². The first kappa shape index (κ1) is 12.0. The van der Waals surface area contributed by atoms with Gasteiger partial charge in [0.05, 0.1) is 10.0 Å². The molecule has 0 aromatic rings. The number of halogens is 3. The molecule has 1 unspecified atom stereocenters. The van der Waals surface area contributed by atoms with E-state index in [0.717, 1.165) is 0 Å². The van der Waals surface area contributed by atoms with Gasteiger partial charge in [0.15, 0.2) is 0 Å². The van der Waals surface area contributed by atoms with E-state index in [-0.39, 0.29) is 18.9 Å². The molecule has 1 atom stereocenters. The number of rotatable bonds is 0. The molecule has 0 saturated heterocycles. The van der Waals surface area contributed by atoms with Crippen LogP contribution in [0.4, 0.5) is 13.2 Å². The normalized spacial score (nSPS) is 17.8. The van der Waals surface area contributed by atoms with E-state index in [1.807, 2.05) is 0 Å². The maximum Gasteiger partial charge on any atom is 1.00 e. The van der Waals surface area contributed by atoms with Crippen LogP contribution in [0.5, 0.6) is 0 Å². The smallest absolute Gasteiger partial charge is 0.758 e. The molecule has 9 heavy (non-hydrogen) atoms. The van der Waals surface area contributed by atoms with Crippen LogP contribution in [-0.4, -0.2) is 14.3 Å². The molecule has 50 valence electrons.